The highest BCUT2D eigenvalue weighted by Crippen LogP contribution is 2.34. The summed E-state index contributed by atoms with van der Waals surface area (Å²) in [6.45, 7) is 3.95. The lowest BCUT2D eigenvalue weighted by Gasteiger charge is -2.30. The fourth-order valence-electron chi connectivity index (χ4n) is 2.53. The summed E-state index contributed by atoms with van der Waals surface area (Å²) in [6, 6.07) is 9.49. The number of ketones is 1. The summed E-state index contributed by atoms with van der Waals surface area (Å²) >= 11 is 0. The summed E-state index contributed by atoms with van der Waals surface area (Å²) in [5.74, 6) is -0.0913. The van der Waals surface area contributed by atoms with E-state index in [4.69, 9.17) is 5.41 Å². The zero-order chi connectivity index (χ0) is 14.0. The molecule has 19 heavy (non-hydrogen) atoms. The van der Waals surface area contributed by atoms with E-state index in [1.807, 2.05) is 44.2 Å². The van der Waals surface area contributed by atoms with Crippen molar-refractivity contribution in [3.05, 3.63) is 47.2 Å². The zero-order valence-electron chi connectivity index (χ0n) is 11.4. The van der Waals surface area contributed by atoms with Crippen LogP contribution < -0.4 is 0 Å². The van der Waals surface area contributed by atoms with Gasteiger partial charge in [-0.05, 0) is 17.4 Å². The highest BCUT2D eigenvalue weighted by molar-refractivity contribution is 6.23. The van der Waals surface area contributed by atoms with Crippen LogP contribution in [0.4, 0.5) is 0 Å². The monoisotopic (exact) mass is 257 g/mol. The Morgan fingerprint density at radius 3 is 2.47 bits per heavy atom. The first-order chi connectivity index (χ1) is 8.89. The molecular formula is C16H19NO2. The number of carbonyl (C=O) groups is 1. The predicted octanol–water partition coefficient (Wildman–Crippen LogP) is 3.45. The Morgan fingerprint density at radius 2 is 1.89 bits per heavy atom. The van der Waals surface area contributed by atoms with E-state index in [1.54, 1.807) is 0 Å². The van der Waals surface area contributed by atoms with E-state index in [0.717, 1.165) is 5.56 Å². The Kier molecular flexibility index (Phi) is 3.56. The molecule has 1 aromatic rings. The second-order valence-electron chi connectivity index (χ2n) is 5.90. The number of hydrogen-bond acceptors (Lipinski definition) is 3. The third-order valence-corrected chi connectivity index (χ3v) is 3.38. The van der Waals surface area contributed by atoms with Gasteiger partial charge in [0.25, 0.3) is 0 Å². The van der Waals surface area contributed by atoms with Gasteiger partial charge in [0.05, 0.1) is 5.57 Å². The van der Waals surface area contributed by atoms with Crippen LogP contribution in [0.5, 0.6) is 0 Å². The van der Waals surface area contributed by atoms with Crippen LogP contribution in [-0.2, 0) is 11.2 Å². The van der Waals surface area contributed by atoms with Crippen molar-refractivity contribution < 1.29 is 9.90 Å². The molecule has 0 aliphatic heterocycles. The first-order valence-corrected chi connectivity index (χ1v) is 6.46. The number of allylic oxidation sites excluding steroid dienone is 2. The molecule has 1 saturated carbocycles. The van der Waals surface area contributed by atoms with Crippen molar-refractivity contribution in [3.8, 4) is 0 Å². The molecule has 0 atom stereocenters. The lowest BCUT2D eigenvalue weighted by atomic mass is 9.73. The number of benzene rings is 1. The topological polar surface area (TPSA) is 61.1 Å². The van der Waals surface area contributed by atoms with Crippen molar-refractivity contribution in [1.82, 2.24) is 0 Å². The summed E-state index contributed by atoms with van der Waals surface area (Å²) in [4.78, 5) is 12.1. The Labute approximate surface area is 113 Å². The van der Waals surface area contributed by atoms with Gasteiger partial charge in [-0.3, -0.25) is 4.79 Å². The fourth-order valence-corrected chi connectivity index (χ4v) is 2.53. The molecular weight excluding hydrogens is 238 g/mol. The van der Waals surface area contributed by atoms with Crippen LogP contribution in [0.25, 0.3) is 0 Å². The SMILES string of the molecule is CC1(C)CC(=N)C(=C(O)Cc2ccccc2)C(=O)C1. The van der Waals surface area contributed by atoms with Crippen molar-refractivity contribution >= 4 is 11.5 Å². The molecule has 0 amide bonds. The normalized spacial score (nSPS) is 21.4. The van der Waals surface area contributed by atoms with Crippen molar-refractivity contribution in [2.24, 2.45) is 5.41 Å². The molecule has 0 radical (unpaired) electrons. The number of rotatable bonds is 2. The Balaban J connectivity index is 2.26. The van der Waals surface area contributed by atoms with Crippen molar-refractivity contribution in [2.45, 2.75) is 33.1 Å². The molecule has 1 aliphatic rings. The minimum Gasteiger partial charge on any atom is -0.511 e. The molecule has 2 N–H and O–H groups in total. The number of Topliss-reactive ketones (excluding diaryl/α,β-unsaturated/α-hetero) is 1. The highest BCUT2D eigenvalue weighted by atomic mass is 16.3. The van der Waals surface area contributed by atoms with Crippen LogP contribution in [0.3, 0.4) is 0 Å². The van der Waals surface area contributed by atoms with Gasteiger partial charge < -0.3 is 10.5 Å². The molecule has 2 rings (SSSR count). The van der Waals surface area contributed by atoms with Crippen molar-refractivity contribution in [3.63, 3.8) is 0 Å². The maximum absolute atomic E-state index is 12.1. The van der Waals surface area contributed by atoms with Gasteiger partial charge in [0.2, 0.25) is 0 Å². The summed E-state index contributed by atoms with van der Waals surface area (Å²) in [5, 5.41) is 18.1. The van der Waals surface area contributed by atoms with E-state index >= 15 is 0 Å². The van der Waals surface area contributed by atoms with Crippen LogP contribution in [0.2, 0.25) is 0 Å². The predicted molar refractivity (Wildman–Crippen MR) is 75.5 cm³/mol. The second kappa shape index (κ2) is 5.00. The maximum atomic E-state index is 12.1. The lowest BCUT2D eigenvalue weighted by Crippen LogP contribution is -2.32. The fraction of sp³-hybridized carbons (Fsp3) is 0.375. The smallest absolute Gasteiger partial charge is 0.168 e. The van der Waals surface area contributed by atoms with E-state index in [2.05, 4.69) is 0 Å². The molecule has 1 fully saturated rings. The molecule has 100 valence electrons. The molecule has 0 spiro atoms. The van der Waals surface area contributed by atoms with Crippen molar-refractivity contribution in [2.75, 3.05) is 0 Å². The molecule has 3 nitrogen and oxygen atoms in total. The average molecular weight is 257 g/mol. The Morgan fingerprint density at radius 1 is 1.26 bits per heavy atom. The number of nitrogens with one attached hydrogen (secondary N) is 1. The molecule has 0 saturated heterocycles. The van der Waals surface area contributed by atoms with Gasteiger partial charge in [-0.15, -0.1) is 0 Å². The largest absolute Gasteiger partial charge is 0.511 e. The van der Waals surface area contributed by atoms with E-state index in [9.17, 15) is 9.90 Å². The molecule has 1 aromatic carbocycles. The summed E-state index contributed by atoms with van der Waals surface area (Å²) in [6.07, 6.45) is 1.24. The summed E-state index contributed by atoms with van der Waals surface area (Å²) < 4.78 is 0. The maximum Gasteiger partial charge on any atom is 0.168 e. The minimum atomic E-state index is -0.176. The molecule has 0 heterocycles. The van der Waals surface area contributed by atoms with Gasteiger partial charge in [0.1, 0.15) is 5.76 Å². The van der Waals surface area contributed by atoms with E-state index in [0.29, 0.717) is 19.3 Å². The third-order valence-electron chi connectivity index (χ3n) is 3.38. The summed E-state index contributed by atoms with van der Waals surface area (Å²) in [7, 11) is 0. The van der Waals surface area contributed by atoms with Gasteiger partial charge in [-0.1, -0.05) is 44.2 Å². The number of carbonyl (C=O) groups excluding carboxylic acids is 1. The number of aliphatic hydroxyl groups is 1. The van der Waals surface area contributed by atoms with E-state index < -0.39 is 0 Å². The van der Waals surface area contributed by atoms with Crippen LogP contribution in [0, 0.1) is 10.8 Å². The summed E-state index contributed by atoms with van der Waals surface area (Å²) in [5.41, 5.74) is 1.25. The molecule has 0 bridgehead atoms. The third kappa shape index (κ3) is 3.11. The van der Waals surface area contributed by atoms with E-state index in [-0.39, 0.29) is 28.2 Å². The molecule has 3 heteroatoms. The zero-order valence-corrected chi connectivity index (χ0v) is 11.4. The lowest BCUT2D eigenvalue weighted by molar-refractivity contribution is -0.117. The van der Waals surface area contributed by atoms with Crippen LogP contribution in [-0.4, -0.2) is 16.6 Å². The molecule has 1 aliphatic carbocycles. The van der Waals surface area contributed by atoms with Gasteiger partial charge >= 0.3 is 0 Å². The van der Waals surface area contributed by atoms with Gasteiger partial charge in [-0.2, -0.15) is 0 Å². The quantitative estimate of drug-likeness (QED) is 0.629. The van der Waals surface area contributed by atoms with Gasteiger partial charge in [0.15, 0.2) is 5.78 Å². The minimum absolute atomic E-state index is 0.0247. The first-order valence-electron chi connectivity index (χ1n) is 6.46. The van der Waals surface area contributed by atoms with Crippen LogP contribution in [0.15, 0.2) is 41.7 Å². The van der Waals surface area contributed by atoms with Gasteiger partial charge in [0, 0.05) is 18.6 Å². The van der Waals surface area contributed by atoms with Crippen LogP contribution >= 0.6 is 0 Å². The number of hydrogen-bond donors (Lipinski definition) is 2. The molecule has 0 aromatic heterocycles. The Hall–Kier alpha value is -1.90. The van der Waals surface area contributed by atoms with Crippen molar-refractivity contribution in [1.29, 1.82) is 5.41 Å². The Bertz CT molecular complexity index is 519. The van der Waals surface area contributed by atoms with Gasteiger partial charge in [-0.25, -0.2) is 0 Å². The standard InChI is InChI=1S/C16H19NO2/c1-16(2)9-12(17)15(14(19)10-16)13(18)8-11-6-4-3-5-7-11/h3-7,17-18H,8-10H2,1-2H3. The average Bonchev–Trinajstić information content (AvgIpc) is 2.27. The highest BCUT2D eigenvalue weighted by Gasteiger charge is 2.35. The number of aliphatic hydroxyl groups excluding tert-OH is 1. The van der Waals surface area contributed by atoms with E-state index in [1.165, 1.54) is 0 Å². The first kappa shape index (κ1) is 13.5. The van der Waals surface area contributed by atoms with Crippen LogP contribution in [0.1, 0.15) is 32.3 Å². The molecule has 0 unspecified atom stereocenters. The second-order valence-corrected chi connectivity index (χ2v) is 5.90.